The van der Waals surface area contributed by atoms with Crippen molar-refractivity contribution >= 4 is 5.97 Å². The van der Waals surface area contributed by atoms with Gasteiger partial charge < -0.3 is 14.6 Å². The number of ether oxygens (including phenoxy) is 2. The maximum Gasteiger partial charge on any atom is 0.327 e. The summed E-state index contributed by atoms with van der Waals surface area (Å²) >= 11 is 0. The second kappa shape index (κ2) is 7.68. The zero-order valence-electron chi connectivity index (χ0n) is 10.7. The average Bonchev–Trinajstić information content (AvgIpc) is 2.36. The zero-order valence-corrected chi connectivity index (χ0v) is 10.7. The Bertz CT molecular complexity index is 364. The van der Waals surface area contributed by atoms with Gasteiger partial charge in [0.2, 0.25) is 0 Å². The molecule has 0 bridgehead atoms. The zero-order chi connectivity index (χ0) is 13.4. The van der Waals surface area contributed by atoms with Gasteiger partial charge in [0.05, 0.1) is 13.2 Å². The van der Waals surface area contributed by atoms with Gasteiger partial charge in [-0.05, 0) is 24.6 Å². The Labute approximate surface area is 107 Å². The van der Waals surface area contributed by atoms with E-state index in [0.29, 0.717) is 19.8 Å². The second-order valence-corrected chi connectivity index (χ2v) is 3.72. The van der Waals surface area contributed by atoms with Crippen LogP contribution in [0.25, 0.3) is 0 Å². The van der Waals surface area contributed by atoms with E-state index in [9.17, 15) is 9.90 Å². The lowest BCUT2D eigenvalue weighted by Crippen LogP contribution is -2.32. The molecule has 2 N–H and O–H groups in total. The van der Waals surface area contributed by atoms with Crippen LogP contribution in [0.1, 0.15) is 18.5 Å². The van der Waals surface area contributed by atoms with Gasteiger partial charge in [-0.25, -0.2) is 4.79 Å². The van der Waals surface area contributed by atoms with Crippen molar-refractivity contribution in [1.29, 1.82) is 0 Å². The minimum absolute atomic E-state index is 0.165. The van der Waals surface area contributed by atoms with Crippen molar-refractivity contribution in [2.45, 2.75) is 13.0 Å². The highest BCUT2D eigenvalue weighted by Crippen LogP contribution is 2.18. The van der Waals surface area contributed by atoms with Crippen LogP contribution in [0.5, 0.6) is 5.75 Å². The fraction of sp³-hybridized carbons (Fsp3) is 0.462. The first-order valence-electron chi connectivity index (χ1n) is 5.87. The molecule has 0 fully saturated rings. The standard InChI is InChI=1S/C13H19NO4/c1-3-18-13(16)12(14-8-9-17-2)10-4-6-11(15)7-5-10/h4-7,12,14-15H,3,8-9H2,1-2H3. The Kier molecular flexibility index (Phi) is 6.18. The van der Waals surface area contributed by atoms with Gasteiger partial charge in [0.15, 0.2) is 0 Å². The third kappa shape index (κ3) is 4.35. The highest BCUT2D eigenvalue weighted by Gasteiger charge is 2.20. The average molecular weight is 253 g/mol. The van der Waals surface area contributed by atoms with E-state index >= 15 is 0 Å². The van der Waals surface area contributed by atoms with Crippen molar-refractivity contribution in [3.63, 3.8) is 0 Å². The van der Waals surface area contributed by atoms with Crippen LogP contribution >= 0.6 is 0 Å². The molecule has 0 aliphatic carbocycles. The Balaban J connectivity index is 2.75. The van der Waals surface area contributed by atoms with Crippen LogP contribution in [0.2, 0.25) is 0 Å². The first kappa shape index (κ1) is 14.5. The number of aromatic hydroxyl groups is 1. The van der Waals surface area contributed by atoms with Crippen molar-refractivity contribution in [2.24, 2.45) is 0 Å². The molecule has 0 spiro atoms. The van der Waals surface area contributed by atoms with Gasteiger partial charge >= 0.3 is 5.97 Å². The maximum atomic E-state index is 11.8. The molecule has 0 radical (unpaired) electrons. The molecule has 1 aromatic carbocycles. The van der Waals surface area contributed by atoms with Gasteiger partial charge in [0.1, 0.15) is 11.8 Å². The molecule has 1 atom stereocenters. The highest BCUT2D eigenvalue weighted by molar-refractivity contribution is 5.77. The summed E-state index contributed by atoms with van der Waals surface area (Å²) in [6.45, 7) is 3.15. The Hall–Kier alpha value is -1.59. The number of phenols is 1. The van der Waals surface area contributed by atoms with E-state index in [1.807, 2.05) is 0 Å². The number of rotatable bonds is 7. The fourth-order valence-electron chi connectivity index (χ4n) is 1.53. The lowest BCUT2D eigenvalue weighted by atomic mass is 10.1. The minimum Gasteiger partial charge on any atom is -0.508 e. The molecule has 100 valence electrons. The lowest BCUT2D eigenvalue weighted by molar-refractivity contribution is -0.145. The summed E-state index contributed by atoms with van der Waals surface area (Å²) in [4.78, 5) is 11.8. The monoisotopic (exact) mass is 253 g/mol. The first-order chi connectivity index (χ1) is 8.69. The molecule has 5 heteroatoms. The third-order valence-electron chi connectivity index (χ3n) is 2.40. The summed E-state index contributed by atoms with van der Waals surface area (Å²) in [7, 11) is 1.60. The fourth-order valence-corrected chi connectivity index (χ4v) is 1.53. The largest absolute Gasteiger partial charge is 0.508 e. The number of hydrogen-bond donors (Lipinski definition) is 2. The summed E-state index contributed by atoms with van der Waals surface area (Å²) in [6, 6.07) is 5.92. The maximum absolute atomic E-state index is 11.8. The summed E-state index contributed by atoms with van der Waals surface area (Å²) in [5.41, 5.74) is 0.752. The number of carbonyl (C=O) groups excluding carboxylic acids is 1. The first-order valence-corrected chi connectivity index (χ1v) is 5.87. The molecule has 0 aliphatic heterocycles. The molecule has 0 saturated heterocycles. The molecule has 1 rings (SSSR count). The van der Waals surface area contributed by atoms with Crippen LogP contribution in [-0.4, -0.2) is 37.9 Å². The number of esters is 1. The molecule has 5 nitrogen and oxygen atoms in total. The van der Waals surface area contributed by atoms with Crippen molar-refractivity contribution in [2.75, 3.05) is 26.9 Å². The molecule has 0 aliphatic rings. The topological polar surface area (TPSA) is 67.8 Å². The van der Waals surface area contributed by atoms with Crippen LogP contribution in [-0.2, 0) is 14.3 Å². The van der Waals surface area contributed by atoms with Crippen molar-refractivity contribution in [3.8, 4) is 5.75 Å². The summed E-state index contributed by atoms with van der Waals surface area (Å²) in [5.74, 6) is -0.169. The Morgan fingerprint density at radius 1 is 1.39 bits per heavy atom. The molecule has 1 unspecified atom stereocenters. The SMILES string of the molecule is CCOC(=O)C(NCCOC)c1ccc(O)cc1. The van der Waals surface area contributed by atoms with E-state index in [-0.39, 0.29) is 11.7 Å². The number of hydrogen-bond acceptors (Lipinski definition) is 5. The van der Waals surface area contributed by atoms with Gasteiger partial charge in [-0.1, -0.05) is 12.1 Å². The lowest BCUT2D eigenvalue weighted by Gasteiger charge is -2.17. The van der Waals surface area contributed by atoms with Gasteiger partial charge in [-0.2, -0.15) is 0 Å². The van der Waals surface area contributed by atoms with Crippen LogP contribution in [0.4, 0.5) is 0 Å². The van der Waals surface area contributed by atoms with Gasteiger partial charge in [0, 0.05) is 13.7 Å². The molecule has 0 amide bonds. The normalized spacial score (nSPS) is 12.1. The molecule has 0 aromatic heterocycles. The molecule has 0 saturated carbocycles. The van der Waals surface area contributed by atoms with Crippen molar-refractivity contribution in [1.82, 2.24) is 5.32 Å². The van der Waals surface area contributed by atoms with E-state index in [1.165, 1.54) is 0 Å². The Morgan fingerprint density at radius 3 is 2.61 bits per heavy atom. The highest BCUT2D eigenvalue weighted by atomic mass is 16.5. The van der Waals surface area contributed by atoms with Crippen LogP contribution in [0.3, 0.4) is 0 Å². The van der Waals surface area contributed by atoms with E-state index in [2.05, 4.69) is 5.32 Å². The van der Waals surface area contributed by atoms with Gasteiger partial charge in [0.25, 0.3) is 0 Å². The number of phenolic OH excluding ortho intramolecular Hbond substituents is 1. The Morgan fingerprint density at radius 2 is 2.06 bits per heavy atom. The molecule has 18 heavy (non-hydrogen) atoms. The molecule has 0 heterocycles. The van der Waals surface area contributed by atoms with Gasteiger partial charge in [-0.15, -0.1) is 0 Å². The van der Waals surface area contributed by atoms with Crippen LogP contribution < -0.4 is 5.32 Å². The van der Waals surface area contributed by atoms with Crippen LogP contribution in [0.15, 0.2) is 24.3 Å². The van der Waals surface area contributed by atoms with Crippen molar-refractivity contribution < 1.29 is 19.4 Å². The number of methoxy groups -OCH3 is 1. The molecular formula is C13H19NO4. The number of benzene rings is 1. The molecule has 1 aromatic rings. The summed E-state index contributed by atoms with van der Waals surface area (Å²) in [6.07, 6.45) is 0. The minimum atomic E-state index is -0.541. The van der Waals surface area contributed by atoms with E-state index in [1.54, 1.807) is 38.3 Å². The quantitative estimate of drug-likeness (QED) is 0.565. The second-order valence-electron chi connectivity index (χ2n) is 3.72. The van der Waals surface area contributed by atoms with E-state index < -0.39 is 6.04 Å². The van der Waals surface area contributed by atoms with Crippen molar-refractivity contribution in [3.05, 3.63) is 29.8 Å². The van der Waals surface area contributed by atoms with E-state index in [4.69, 9.17) is 9.47 Å². The third-order valence-corrected chi connectivity index (χ3v) is 2.40. The molecular weight excluding hydrogens is 234 g/mol. The number of nitrogens with one attached hydrogen (secondary N) is 1. The number of carbonyl (C=O) groups is 1. The predicted molar refractivity (Wildman–Crippen MR) is 67.4 cm³/mol. The summed E-state index contributed by atoms with van der Waals surface area (Å²) < 4.78 is 9.95. The predicted octanol–water partition coefficient (Wildman–Crippen LogP) is 1.23. The van der Waals surface area contributed by atoms with Crippen LogP contribution in [0, 0.1) is 0 Å². The van der Waals surface area contributed by atoms with E-state index in [0.717, 1.165) is 5.56 Å². The van der Waals surface area contributed by atoms with Gasteiger partial charge in [-0.3, -0.25) is 5.32 Å². The summed E-state index contributed by atoms with van der Waals surface area (Å²) in [5, 5.41) is 12.3. The smallest absolute Gasteiger partial charge is 0.327 e.